The van der Waals surface area contributed by atoms with E-state index in [9.17, 15) is 13.2 Å². The van der Waals surface area contributed by atoms with Gasteiger partial charge in [0.2, 0.25) is 15.9 Å². The number of likely N-dealkylation sites (N-methyl/N-ethyl adjacent to an activating group) is 1. The highest BCUT2D eigenvalue weighted by Crippen LogP contribution is 2.32. The van der Waals surface area contributed by atoms with Crippen molar-refractivity contribution in [1.29, 1.82) is 0 Å². The van der Waals surface area contributed by atoms with Crippen LogP contribution in [-0.2, 0) is 14.8 Å². The predicted molar refractivity (Wildman–Crippen MR) is 82.6 cm³/mol. The highest BCUT2D eigenvalue weighted by atomic mass is 79.9. The van der Waals surface area contributed by atoms with Crippen molar-refractivity contribution < 1.29 is 13.2 Å². The molecule has 0 spiro atoms. The number of likely N-dealkylation sites (tertiary alicyclic amines) is 1. The number of carbonyl (C=O) groups is 1. The molecule has 0 aliphatic carbocycles. The minimum Gasteiger partial charge on any atom is -0.399 e. The van der Waals surface area contributed by atoms with Crippen LogP contribution < -0.4 is 10.5 Å². The summed E-state index contributed by atoms with van der Waals surface area (Å²) in [5, 5.41) is 0. The van der Waals surface area contributed by atoms with Crippen molar-refractivity contribution in [2.75, 3.05) is 19.3 Å². The van der Waals surface area contributed by atoms with E-state index in [1.165, 1.54) is 17.0 Å². The largest absolute Gasteiger partial charge is 0.399 e. The molecule has 0 bridgehead atoms. The summed E-state index contributed by atoms with van der Waals surface area (Å²) in [6, 6.07) is 2.28. The second-order valence-electron chi connectivity index (χ2n) is 4.54. The van der Waals surface area contributed by atoms with Crippen molar-refractivity contribution in [3.63, 3.8) is 0 Å². The molecule has 9 heteroatoms. The van der Waals surface area contributed by atoms with E-state index in [1.807, 2.05) is 0 Å². The number of anilines is 1. The standard InChI is InChI=1S/C11H13Br2N3O3S/c1-16-3-2-9(11(16)17)15-20(18,19)10-7(12)4-6(14)5-8(10)13/h4-5,9,15H,2-3,14H2,1H3. The zero-order valence-electron chi connectivity index (χ0n) is 10.6. The van der Waals surface area contributed by atoms with E-state index in [1.54, 1.807) is 7.05 Å². The maximum atomic E-state index is 12.4. The number of amides is 1. The Balaban J connectivity index is 2.35. The molecule has 1 saturated heterocycles. The predicted octanol–water partition coefficient (Wildman–Crippen LogP) is 1.30. The average molecular weight is 427 g/mol. The third-order valence-corrected chi connectivity index (χ3v) is 6.36. The van der Waals surface area contributed by atoms with Gasteiger partial charge in [0.1, 0.15) is 10.9 Å². The van der Waals surface area contributed by atoms with Gasteiger partial charge in [-0.05, 0) is 50.4 Å². The normalized spacial score (nSPS) is 19.6. The molecule has 6 nitrogen and oxygen atoms in total. The van der Waals surface area contributed by atoms with E-state index >= 15 is 0 Å². The summed E-state index contributed by atoms with van der Waals surface area (Å²) in [4.78, 5) is 13.3. The van der Waals surface area contributed by atoms with Crippen molar-refractivity contribution in [3.8, 4) is 0 Å². The van der Waals surface area contributed by atoms with E-state index in [2.05, 4.69) is 36.6 Å². The van der Waals surface area contributed by atoms with E-state index in [-0.39, 0.29) is 10.8 Å². The fourth-order valence-electron chi connectivity index (χ4n) is 2.01. The van der Waals surface area contributed by atoms with Gasteiger partial charge in [0.25, 0.3) is 0 Å². The van der Waals surface area contributed by atoms with Crippen LogP contribution in [0.2, 0.25) is 0 Å². The number of benzene rings is 1. The number of halogens is 2. The quantitative estimate of drug-likeness (QED) is 0.712. The highest BCUT2D eigenvalue weighted by molar-refractivity contribution is 9.11. The number of nitrogens with zero attached hydrogens (tertiary/aromatic N) is 1. The Hall–Kier alpha value is -0.640. The average Bonchev–Trinajstić information content (AvgIpc) is 2.58. The molecule has 1 aliphatic rings. The zero-order chi connectivity index (χ0) is 15.1. The summed E-state index contributed by atoms with van der Waals surface area (Å²) >= 11 is 6.37. The summed E-state index contributed by atoms with van der Waals surface area (Å²) < 4.78 is 27.9. The van der Waals surface area contributed by atoms with Crippen LogP contribution in [0.1, 0.15) is 6.42 Å². The lowest BCUT2D eigenvalue weighted by Gasteiger charge is -2.15. The van der Waals surface area contributed by atoms with Crippen LogP contribution in [-0.4, -0.2) is 38.9 Å². The van der Waals surface area contributed by atoms with Crippen LogP contribution in [0.15, 0.2) is 26.0 Å². The van der Waals surface area contributed by atoms with E-state index < -0.39 is 16.1 Å². The molecular weight excluding hydrogens is 414 g/mol. The Morgan fingerprint density at radius 2 is 1.90 bits per heavy atom. The molecule has 1 unspecified atom stereocenters. The third kappa shape index (κ3) is 3.00. The Labute approximate surface area is 134 Å². The van der Waals surface area contributed by atoms with E-state index in [4.69, 9.17) is 5.73 Å². The van der Waals surface area contributed by atoms with Gasteiger partial charge in [-0.1, -0.05) is 0 Å². The van der Waals surface area contributed by atoms with Crippen LogP contribution in [0.4, 0.5) is 5.69 Å². The molecule has 1 amide bonds. The maximum Gasteiger partial charge on any atom is 0.243 e. The number of sulfonamides is 1. The van der Waals surface area contributed by atoms with Gasteiger partial charge in [0, 0.05) is 28.2 Å². The van der Waals surface area contributed by atoms with Gasteiger partial charge in [0.05, 0.1) is 0 Å². The molecule has 2 rings (SSSR count). The van der Waals surface area contributed by atoms with Crippen LogP contribution in [0.5, 0.6) is 0 Å². The molecule has 0 saturated carbocycles. The molecule has 0 radical (unpaired) electrons. The molecule has 1 atom stereocenters. The summed E-state index contributed by atoms with van der Waals surface area (Å²) in [5.41, 5.74) is 6.07. The molecule has 1 fully saturated rings. The van der Waals surface area contributed by atoms with Crippen molar-refractivity contribution >= 4 is 53.5 Å². The second-order valence-corrected chi connectivity index (χ2v) is 7.90. The lowest BCUT2D eigenvalue weighted by molar-refractivity contribution is -0.127. The van der Waals surface area contributed by atoms with Crippen molar-refractivity contribution in [1.82, 2.24) is 9.62 Å². The van der Waals surface area contributed by atoms with Gasteiger partial charge in [0.15, 0.2) is 0 Å². The molecule has 1 heterocycles. The monoisotopic (exact) mass is 425 g/mol. The summed E-state index contributed by atoms with van der Waals surface area (Å²) in [5.74, 6) is -0.226. The first-order valence-electron chi connectivity index (χ1n) is 5.74. The van der Waals surface area contributed by atoms with Gasteiger partial charge < -0.3 is 10.6 Å². The first-order chi connectivity index (χ1) is 9.22. The zero-order valence-corrected chi connectivity index (χ0v) is 14.5. The number of hydrogen-bond acceptors (Lipinski definition) is 4. The van der Waals surface area contributed by atoms with Gasteiger partial charge in [-0.2, -0.15) is 4.72 Å². The Kier molecular flexibility index (Phi) is 4.43. The van der Waals surface area contributed by atoms with E-state index in [0.717, 1.165) is 0 Å². The topological polar surface area (TPSA) is 92.5 Å². The SMILES string of the molecule is CN1CCC(NS(=O)(=O)c2c(Br)cc(N)cc2Br)C1=O. The number of nitrogen functional groups attached to an aromatic ring is 1. The van der Waals surface area contributed by atoms with Crippen molar-refractivity contribution in [2.45, 2.75) is 17.4 Å². The lowest BCUT2D eigenvalue weighted by Crippen LogP contribution is -2.40. The van der Waals surface area contributed by atoms with Gasteiger partial charge in [-0.25, -0.2) is 8.42 Å². The minimum atomic E-state index is -3.82. The highest BCUT2D eigenvalue weighted by Gasteiger charge is 2.34. The van der Waals surface area contributed by atoms with Crippen LogP contribution in [0, 0.1) is 0 Å². The molecule has 1 aromatic rings. The fraction of sp³-hybridized carbons (Fsp3) is 0.364. The summed E-state index contributed by atoms with van der Waals surface area (Å²) in [6.07, 6.45) is 0.457. The van der Waals surface area contributed by atoms with Crippen LogP contribution in [0.25, 0.3) is 0 Å². The molecule has 1 aromatic carbocycles. The lowest BCUT2D eigenvalue weighted by atomic mass is 10.3. The number of nitrogens with one attached hydrogen (secondary N) is 1. The first-order valence-corrected chi connectivity index (χ1v) is 8.81. The Morgan fingerprint density at radius 3 is 2.35 bits per heavy atom. The molecule has 3 N–H and O–H groups in total. The first kappa shape index (κ1) is 15.7. The number of rotatable bonds is 3. The van der Waals surface area contributed by atoms with Crippen LogP contribution >= 0.6 is 31.9 Å². The summed E-state index contributed by atoms with van der Waals surface area (Å²) in [6.45, 7) is 0.538. The maximum absolute atomic E-state index is 12.4. The molecule has 110 valence electrons. The third-order valence-electron chi connectivity index (χ3n) is 3.01. The molecule has 1 aliphatic heterocycles. The summed E-state index contributed by atoms with van der Waals surface area (Å²) in [7, 11) is -2.18. The second kappa shape index (κ2) is 5.63. The van der Waals surface area contributed by atoms with Crippen LogP contribution in [0.3, 0.4) is 0 Å². The number of hydrogen-bond donors (Lipinski definition) is 2. The number of nitrogens with two attached hydrogens (primary N) is 1. The minimum absolute atomic E-state index is 0.0362. The van der Waals surface area contributed by atoms with Gasteiger partial charge in [-0.15, -0.1) is 0 Å². The smallest absolute Gasteiger partial charge is 0.243 e. The Morgan fingerprint density at radius 1 is 1.35 bits per heavy atom. The van der Waals surface area contributed by atoms with Crippen molar-refractivity contribution in [2.24, 2.45) is 0 Å². The van der Waals surface area contributed by atoms with Gasteiger partial charge >= 0.3 is 0 Å². The molecule has 0 aromatic heterocycles. The van der Waals surface area contributed by atoms with Crippen molar-refractivity contribution in [3.05, 3.63) is 21.1 Å². The number of carbonyl (C=O) groups excluding carboxylic acids is 1. The molecular formula is C11H13Br2N3O3S. The Bertz CT molecular complexity index is 640. The molecule has 20 heavy (non-hydrogen) atoms. The van der Waals surface area contributed by atoms with E-state index in [0.29, 0.717) is 27.6 Å². The fourth-order valence-corrected chi connectivity index (χ4v) is 5.86. The van der Waals surface area contributed by atoms with Gasteiger partial charge in [-0.3, -0.25) is 4.79 Å².